The fourth-order valence-electron chi connectivity index (χ4n) is 8.90. The van der Waals surface area contributed by atoms with Crippen molar-refractivity contribution in [1.82, 2.24) is 9.88 Å². The molecule has 61 heavy (non-hydrogen) atoms. The average molecular weight is 969 g/mol. The van der Waals surface area contributed by atoms with Gasteiger partial charge in [-0.05, 0) is 103 Å². The Morgan fingerprint density at radius 1 is 0.607 bits per heavy atom. The van der Waals surface area contributed by atoms with E-state index in [1.165, 1.54) is 16.4 Å². The van der Waals surface area contributed by atoms with Crippen LogP contribution in [0.3, 0.4) is 0 Å². The number of para-hydroxylation sites is 4. The van der Waals surface area contributed by atoms with Crippen LogP contribution in [0.1, 0.15) is 6.92 Å². The monoisotopic (exact) mass is 968 g/mol. The van der Waals surface area contributed by atoms with Crippen molar-refractivity contribution in [3.8, 4) is 11.5 Å². The third-order valence-corrected chi connectivity index (χ3v) is 11.3. The summed E-state index contributed by atoms with van der Waals surface area (Å²) in [7, 11) is 2.02. The summed E-state index contributed by atoms with van der Waals surface area (Å²) >= 11 is 0. The molecule has 7 aromatic carbocycles. The smallest absolute Gasteiger partial charge is 0.252 e. The molecule has 3 aliphatic heterocycles. The second-order valence-electron chi connectivity index (χ2n) is 15.1. The van der Waals surface area contributed by atoms with E-state index in [9.17, 15) is 0 Å². The molecule has 0 saturated heterocycles. The minimum Gasteiger partial charge on any atom is -0.510 e. The minimum absolute atomic E-state index is 0. The number of allylic oxidation sites excluding steroid dienone is 1. The van der Waals surface area contributed by atoms with Crippen molar-refractivity contribution < 1.29 is 25.8 Å². The number of rotatable bonds is 8. The Labute approximate surface area is 371 Å². The van der Waals surface area contributed by atoms with Crippen molar-refractivity contribution in [2.24, 2.45) is 0 Å². The maximum absolute atomic E-state index is 6.54. The van der Waals surface area contributed by atoms with Crippen molar-refractivity contribution in [2.75, 3.05) is 26.6 Å². The van der Waals surface area contributed by atoms with E-state index in [-0.39, 0.29) is 27.8 Å². The van der Waals surface area contributed by atoms with E-state index in [2.05, 4.69) is 172 Å². The predicted octanol–water partition coefficient (Wildman–Crippen LogP) is 10.8. The third-order valence-electron chi connectivity index (χ3n) is 11.3. The predicted molar refractivity (Wildman–Crippen MR) is 245 cm³/mol. The van der Waals surface area contributed by atoms with Gasteiger partial charge in [-0.25, -0.2) is 4.98 Å². The summed E-state index contributed by atoms with van der Waals surface area (Å²) < 4.78 is 6.54. The Morgan fingerprint density at radius 2 is 1.18 bits per heavy atom. The summed E-state index contributed by atoms with van der Waals surface area (Å²) in [5, 5.41) is 0. The number of ether oxygens (including phenoxy) is 1. The Bertz CT molecular complexity index is 2800. The molecule has 11 rings (SSSR count). The van der Waals surface area contributed by atoms with Crippen LogP contribution < -0.4 is 40.7 Å². The Hall–Kier alpha value is -7.02. The average Bonchev–Trinajstić information content (AvgIpc) is 3.64. The van der Waals surface area contributed by atoms with E-state index in [1.54, 1.807) is 0 Å². The van der Waals surface area contributed by atoms with Gasteiger partial charge in [0.2, 0.25) is 0 Å². The molecular weight excluding hydrogens is 931 g/mol. The van der Waals surface area contributed by atoms with Crippen LogP contribution in [0, 0.1) is 18.8 Å². The molecule has 0 bridgehead atoms. The quantitative estimate of drug-likeness (QED) is 0.111. The molecule has 1 aromatic heterocycles. The first kappa shape index (κ1) is 38.2. The van der Waals surface area contributed by atoms with E-state index in [0.29, 0.717) is 11.5 Å². The third kappa shape index (κ3) is 6.74. The maximum Gasteiger partial charge on any atom is 0.252 e. The molecule has 0 fully saturated rings. The number of anilines is 10. The number of nitrogens with zero attached hydrogens (tertiary/aromatic N) is 6. The normalized spacial score (nSPS) is 13.5. The molecule has 0 atom stereocenters. The van der Waals surface area contributed by atoms with Gasteiger partial charge in [-0.2, -0.15) is 18.8 Å². The van der Waals surface area contributed by atoms with Crippen LogP contribution in [0.4, 0.5) is 57.0 Å². The van der Waals surface area contributed by atoms with Crippen molar-refractivity contribution in [3.63, 3.8) is 0 Å². The molecule has 0 spiro atoms. The largest absolute Gasteiger partial charge is 0.510 e. The Morgan fingerprint density at radius 3 is 1.77 bits per heavy atom. The molecule has 9 heteroatoms. The number of pyridine rings is 1. The number of benzene rings is 7. The summed E-state index contributed by atoms with van der Waals surface area (Å²) in [5.74, 6) is 1.92. The number of fused-ring (bicyclic) bond motifs is 4. The molecule has 0 unspecified atom stereocenters. The van der Waals surface area contributed by atoms with Crippen molar-refractivity contribution >= 4 is 80.1 Å². The van der Waals surface area contributed by atoms with Crippen molar-refractivity contribution in [2.45, 2.75) is 6.92 Å². The molecule has 0 radical (unpaired) electrons. The first-order valence-corrected chi connectivity index (χ1v) is 20.1. The van der Waals surface area contributed by atoms with E-state index in [1.807, 2.05) is 73.3 Å². The first-order chi connectivity index (χ1) is 29.6. The maximum atomic E-state index is 6.54. The van der Waals surface area contributed by atoms with Crippen LogP contribution in [0.25, 0.3) is 0 Å². The van der Waals surface area contributed by atoms with E-state index < -0.39 is 0 Å². The molecule has 0 aliphatic carbocycles. The first-order valence-electron chi connectivity index (χ1n) is 20.1. The summed E-state index contributed by atoms with van der Waals surface area (Å²) in [5.41, 5.74) is 14.2. The molecular formula is C52H38BN6OPt-3. The molecule has 0 saturated carbocycles. The van der Waals surface area contributed by atoms with Gasteiger partial charge in [-0.15, -0.1) is 42.1 Å². The molecule has 8 aromatic rings. The zero-order chi connectivity index (χ0) is 40.2. The van der Waals surface area contributed by atoms with Gasteiger partial charge in [0.15, 0.2) is 0 Å². The summed E-state index contributed by atoms with van der Waals surface area (Å²) in [4.78, 5) is 16.1. The topological polar surface area (TPSA) is 38.3 Å². The van der Waals surface area contributed by atoms with Gasteiger partial charge < -0.3 is 29.2 Å². The summed E-state index contributed by atoms with van der Waals surface area (Å²) in [6, 6.07) is 68.7. The number of hydrogen-bond acceptors (Lipinski definition) is 7. The summed E-state index contributed by atoms with van der Waals surface area (Å²) in [6.45, 7) is 4.12. The van der Waals surface area contributed by atoms with Crippen LogP contribution in [-0.4, -0.2) is 23.6 Å². The number of hydrogen-bond donors (Lipinski definition) is 0. The molecule has 0 amide bonds. The molecule has 4 heterocycles. The molecule has 3 aliphatic rings. The van der Waals surface area contributed by atoms with Gasteiger partial charge in [-0.3, -0.25) is 0 Å². The SMILES string of the molecule is CC1=CN(C)[CH-]N1c1[c-]c(Oc2[c-]c(N(c3cc4c5c(c3)N(c3ccccc3)c3ccccc3B5c3ccccc3N4c3ccccc3)c3ccccn3)ccc2)ccc1.[Pt]. The molecule has 0 N–H and O–H groups in total. The van der Waals surface area contributed by atoms with E-state index in [4.69, 9.17) is 9.72 Å². The molecule has 298 valence electrons. The second-order valence-corrected chi connectivity index (χ2v) is 15.1. The van der Waals surface area contributed by atoms with Gasteiger partial charge >= 0.3 is 0 Å². The van der Waals surface area contributed by atoms with Crippen LogP contribution >= 0.6 is 0 Å². The van der Waals surface area contributed by atoms with Gasteiger partial charge in [0, 0.05) is 78.6 Å². The Kier molecular flexibility index (Phi) is 9.94. The zero-order valence-corrected chi connectivity index (χ0v) is 35.7. The fourth-order valence-corrected chi connectivity index (χ4v) is 8.90. The Balaban J connectivity index is 0.00000445. The van der Waals surface area contributed by atoms with Crippen LogP contribution in [-0.2, 0) is 21.1 Å². The summed E-state index contributed by atoms with van der Waals surface area (Å²) in [6.07, 6.45) is 3.92. The van der Waals surface area contributed by atoms with Crippen molar-refractivity contribution in [3.05, 3.63) is 213 Å². The van der Waals surface area contributed by atoms with E-state index >= 15 is 0 Å². The van der Waals surface area contributed by atoms with Gasteiger partial charge in [0.25, 0.3) is 6.71 Å². The fraction of sp³-hybridized carbons (Fsp3) is 0.0385. The molecule has 7 nitrogen and oxygen atoms in total. The second kappa shape index (κ2) is 15.9. The zero-order valence-electron chi connectivity index (χ0n) is 33.5. The van der Waals surface area contributed by atoms with Gasteiger partial charge in [0.05, 0.1) is 0 Å². The standard InChI is InChI=1S/C52H38BN6O.Pt/c1-37-35-55(2)36-56(37)40-21-15-23-43(31-40)60-44-24-16-22-41(32-44)57(51-29-13-14-30-54-51)42-33-49-52-50(34-42)59(39-19-7-4-8-20-39)48-28-12-10-26-46(48)53(52)45-25-9-11-27-47(45)58(49)38-17-5-3-6-18-38;/h3-30,33-36H,1-2H3;/q-3;. The number of aromatic nitrogens is 1. The van der Waals surface area contributed by atoms with Gasteiger partial charge in [-0.1, -0.05) is 84.6 Å². The van der Waals surface area contributed by atoms with Crippen LogP contribution in [0.15, 0.2) is 194 Å². The van der Waals surface area contributed by atoms with Crippen LogP contribution in [0.2, 0.25) is 0 Å². The van der Waals surface area contributed by atoms with Crippen molar-refractivity contribution in [1.29, 1.82) is 0 Å². The van der Waals surface area contributed by atoms with E-state index in [0.717, 1.165) is 62.7 Å². The van der Waals surface area contributed by atoms with Gasteiger partial charge in [0.1, 0.15) is 5.82 Å². The van der Waals surface area contributed by atoms with Crippen LogP contribution in [0.5, 0.6) is 11.5 Å². The minimum atomic E-state index is 0.